The summed E-state index contributed by atoms with van der Waals surface area (Å²) in [5, 5.41) is 2.09. The molecule has 1 unspecified atom stereocenters. The Labute approximate surface area is 89.5 Å². The molecule has 2 nitrogen and oxygen atoms in total. The Morgan fingerprint density at radius 1 is 1.64 bits per heavy atom. The lowest BCUT2D eigenvalue weighted by Gasteiger charge is -2.13. The molecule has 0 fully saturated rings. The summed E-state index contributed by atoms with van der Waals surface area (Å²) in [6.07, 6.45) is 9.11. The Morgan fingerprint density at radius 3 is 3.07 bits per heavy atom. The van der Waals surface area contributed by atoms with Crippen molar-refractivity contribution >= 4 is 11.3 Å². The summed E-state index contributed by atoms with van der Waals surface area (Å²) in [6, 6.07) is 4.55. The van der Waals surface area contributed by atoms with E-state index >= 15 is 0 Å². The second-order valence-corrected chi connectivity index (χ2v) is 4.28. The Bertz CT molecular complexity index is 274. The molecule has 0 radical (unpaired) electrons. The largest absolute Gasteiger partial charge is 0.271 e. The topological polar surface area (TPSA) is 38.0 Å². The zero-order valence-electron chi connectivity index (χ0n) is 8.20. The molecule has 0 aromatic carbocycles. The van der Waals surface area contributed by atoms with Crippen LogP contribution >= 0.6 is 11.3 Å². The molecule has 0 saturated carbocycles. The molecule has 14 heavy (non-hydrogen) atoms. The van der Waals surface area contributed by atoms with Crippen molar-refractivity contribution in [2.45, 2.75) is 31.7 Å². The standard InChI is InChI=1S/C11H16N2S/c1-2-3-4-6-10(13-12)9-11-7-5-8-14-11/h1,5,7-8,10,13H,3-4,6,9,12H2. The van der Waals surface area contributed by atoms with E-state index in [1.165, 1.54) is 4.88 Å². The molecule has 3 heteroatoms. The van der Waals surface area contributed by atoms with Crippen LogP contribution in [0.3, 0.4) is 0 Å². The molecule has 0 aliphatic carbocycles. The average Bonchev–Trinajstić information content (AvgIpc) is 2.69. The van der Waals surface area contributed by atoms with Crippen molar-refractivity contribution in [1.82, 2.24) is 5.43 Å². The van der Waals surface area contributed by atoms with E-state index in [0.717, 1.165) is 25.7 Å². The van der Waals surface area contributed by atoms with E-state index in [2.05, 4.69) is 28.9 Å². The van der Waals surface area contributed by atoms with Crippen LogP contribution in [0.25, 0.3) is 0 Å². The minimum Gasteiger partial charge on any atom is -0.271 e. The average molecular weight is 208 g/mol. The predicted octanol–water partition coefficient (Wildman–Crippen LogP) is 1.93. The third-order valence-electron chi connectivity index (χ3n) is 2.14. The number of terminal acetylenes is 1. The molecule has 1 rings (SSSR count). The summed E-state index contributed by atoms with van der Waals surface area (Å²) in [5.74, 6) is 8.11. The van der Waals surface area contributed by atoms with Gasteiger partial charge in [0.2, 0.25) is 0 Å². The number of hydrogen-bond donors (Lipinski definition) is 2. The minimum atomic E-state index is 0.349. The molecule has 0 spiro atoms. The lowest BCUT2D eigenvalue weighted by Crippen LogP contribution is -2.36. The number of unbranched alkanes of at least 4 members (excludes halogenated alkanes) is 1. The van der Waals surface area contributed by atoms with Crippen molar-refractivity contribution in [2.24, 2.45) is 5.84 Å². The first kappa shape index (κ1) is 11.3. The highest BCUT2D eigenvalue weighted by Crippen LogP contribution is 2.13. The van der Waals surface area contributed by atoms with Gasteiger partial charge in [-0.1, -0.05) is 6.07 Å². The first-order valence-corrected chi connectivity index (χ1v) is 5.66. The summed E-state index contributed by atoms with van der Waals surface area (Å²) in [5.41, 5.74) is 2.84. The van der Waals surface area contributed by atoms with E-state index in [1.54, 1.807) is 11.3 Å². The molecule has 1 heterocycles. The van der Waals surface area contributed by atoms with Crippen molar-refractivity contribution in [3.8, 4) is 12.3 Å². The lowest BCUT2D eigenvalue weighted by molar-refractivity contribution is 0.482. The first-order chi connectivity index (χ1) is 6.86. The van der Waals surface area contributed by atoms with Crippen LogP contribution in [0.1, 0.15) is 24.1 Å². The van der Waals surface area contributed by atoms with Crippen molar-refractivity contribution in [3.63, 3.8) is 0 Å². The van der Waals surface area contributed by atoms with Gasteiger partial charge in [0.05, 0.1) is 0 Å². The summed E-state index contributed by atoms with van der Waals surface area (Å²) in [6.45, 7) is 0. The maximum absolute atomic E-state index is 5.47. The first-order valence-electron chi connectivity index (χ1n) is 4.78. The molecule has 0 aliphatic heterocycles. The number of thiophene rings is 1. The van der Waals surface area contributed by atoms with Gasteiger partial charge in [-0.3, -0.25) is 11.3 Å². The molecular weight excluding hydrogens is 192 g/mol. The smallest absolute Gasteiger partial charge is 0.0259 e. The van der Waals surface area contributed by atoms with Gasteiger partial charge in [-0.2, -0.15) is 0 Å². The molecule has 1 atom stereocenters. The maximum atomic E-state index is 5.47. The van der Waals surface area contributed by atoms with Gasteiger partial charge in [-0.05, 0) is 30.7 Å². The highest BCUT2D eigenvalue weighted by molar-refractivity contribution is 7.09. The highest BCUT2D eigenvalue weighted by Gasteiger charge is 2.07. The van der Waals surface area contributed by atoms with E-state index < -0.39 is 0 Å². The molecule has 1 aromatic heterocycles. The van der Waals surface area contributed by atoms with Crippen LogP contribution in [-0.4, -0.2) is 6.04 Å². The van der Waals surface area contributed by atoms with Crippen LogP contribution in [0.5, 0.6) is 0 Å². The van der Waals surface area contributed by atoms with Gasteiger partial charge < -0.3 is 0 Å². The quantitative estimate of drug-likeness (QED) is 0.324. The molecule has 1 aromatic rings. The van der Waals surface area contributed by atoms with Gasteiger partial charge in [0.25, 0.3) is 0 Å². The van der Waals surface area contributed by atoms with Crippen LogP contribution in [0.15, 0.2) is 17.5 Å². The van der Waals surface area contributed by atoms with E-state index in [1.807, 2.05) is 0 Å². The molecule has 0 bridgehead atoms. The monoisotopic (exact) mass is 208 g/mol. The Hall–Kier alpha value is -0.820. The number of hydrogen-bond acceptors (Lipinski definition) is 3. The summed E-state index contributed by atoms with van der Waals surface area (Å²) in [4.78, 5) is 1.37. The third-order valence-corrected chi connectivity index (χ3v) is 3.04. The Balaban J connectivity index is 2.29. The van der Waals surface area contributed by atoms with E-state index in [4.69, 9.17) is 12.3 Å². The van der Waals surface area contributed by atoms with E-state index in [-0.39, 0.29) is 0 Å². The maximum Gasteiger partial charge on any atom is 0.0259 e. The van der Waals surface area contributed by atoms with Crippen molar-refractivity contribution < 1.29 is 0 Å². The van der Waals surface area contributed by atoms with Crippen molar-refractivity contribution in [1.29, 1.82) is 0 Å². The number of hydrazine groups is 1. The molecule has 0 aliphatic rings. The van der Waals surface area contributed by atoms with Gasteiger partial charge >= 0.3 is 0 Å². The normalized spacial score (nSPS) is 12.3. The number of rotatable bonds is 6. The molecule has 0 amide bonds. The fourth-order valence-electron chi connectivity index (χ4n) is 1.37. The van der Waals surface area contributed by atoms with Gasteiger partial charge in [0, 0.05) is 17.3 Å². The van der Waals surface area contributed by atoms with Gasteiger partial charge in [-0.15, -0.1) is 23.7 Å². The van der Waals surface area contributed by atoms with Crippen molar-refractivity contribution in [2.75, 3.05) is 0 Å². The van der Waals surface area contributed by atoms with Gasteiger partial charge in [0.1, 0.15) is 0 Å². The zero-order valence-corrected chi connectivity index (χ0v) is 9.02. The van der Waals surface area contributed by atoms with E-state index in [9.17, 15) is 0 Å². The fourth-order valence-corrected chi connectivity index (χ4v) is 2.15. The SMILES string of the molecule is C#CCCCC(Cc1cccs1)NN. The second-order valence-electron chi connectivity index (χ2n) is 3.24. The summed E-state index contributed by atoms with van der Waals surface area (Å²) >= 11 is 1.77. The lowest BCUT2D eigenvalue weighted by atomic mass is 10.1. The third kappa shape index (κ3) is 3.93. The Kier molecular flexibility index (Phi) is 5.31. The molecule has 76 valence electrons. The van der Waals surface area contributed by atoms with Crippen LogP contribution in [0, 0.1) is 12.3 Å². The molecule has 0 saturated heterocycles. The van der Waals surface area contributed by atoms with Gasteiger partial charge in [-0.25, -0.2) is 0 Å². The zero-order chi connectivity index (χ0) is 10.2. The number of nitrogens with two attached hydrogens (primary N) is 1. The highest BCUT2D eigenvalue weighted by atomic mass is 32.1. The van der Waals surface area contributed by atoms with E-state index in [0.29, 0.717) is 6.04 Å². The minimum absolute atomic E-state index is 0.349. The summed E-state index contributed by atoms with van der Waals surface area (Å²) < 4.78 is 0. The second kappa shape index (κ2) is 6.61. The van der Waals surface area contributed by atoms with Crippen LogP contribution in [0.2, 0.25) is 0 Å². The molecular formula is C11H16N2S. The summed E-state index contributed by atoms with van der Waals surface area (Å²) in [7, 11) is 0. The van der Waals surface area contributed by atoms with Crippen LogP contribution in [0.4, 0.5) is 0 Å². The predicted molar refractivity (Wildman–Crippen MR) is 61.8 cm³/mol. The Morgan fingerprint density at radius 2 is 2.50 bits per heavy atom. The van der Waals surface area contributed by atoms with Crippen LogP contribution in [-0.2, 0) is 6.42 Å². The van der Waals surface area contributed by atoms with Crippen LogP contribution < -0.4 is 11.3 Å². The molecule has 3 N–H and O–H groups in total. The van der Waals surface area contributed by atoms with Gasteiger partial charge in [0.15, 0.2) is 0 Å². The van der Waals surface area contributed by atoms with Crippen molar-refractivity contribution in [3.05, 3.63) is 22.4 Å². The number of nitrogens with one attached hydrogen (secondary N) is 1. The fraction of sp³-hybridized carbons (Fsp3) is 0.455.